The van der Waals surface area contributed by atoms with E-state index in [2.05, 4.69) is 23.6 Å². The van der Waals surface area contributed by atoms with E-state index < -0.39 is 0 Å². The third-order valence-corrected chi connectivity index (χ3v) is 4.03. The number of rotatable bonds is 3. The largest absolute Gasteiger partial charge is 0.379 e. The predicted molar refractivity (Wildman–Crippen MR) is 67.2 cm³/mol. The molecule has 2 rings (SSSR count). The van der Waals surface area contributed by atoms with Crippen LogP contribution in [0.1, 0.15) is 26.7 Å². The van der Waals surface area contributed by atoms with Gasteiger partial charge in [-0.1, -0.05) is 0 Å². The predicted octanol–water partition coefficient (Wildman–Crippen LogP) is 0.762. The first-order valence-electron chi connectivity index (χ1n) is 6.65. The number of carbonyl (C=O) groups is 1. The lowest BCUT2D eigenvalue weighted by atomic mass is 9.90. The second-order valence-corrected chi connectivity index (χ2v) is 5.73. The summed E-state index contributed by atoms with van der Waals surface area (Å²) in [5.74, 6) is 0.395. The summed E-state index contributed by atoms with van der Waals surface area (Å²) >= 11 is 0. The molecule has 0 bridgehead atoms. The highest BCUT2D eigenvalue weighted by Crippen LogP contribution is 2.25. The van der Waals surface area contributed by atoms with Crippen molar-refractivity contribution in [2.45, 2.75) is 32.2 Å². The highest BCUT2D eigenvalue weighted by atomic mass is 16.5. The van der Waals surface area contributed by atoms with Crippen LogP contribution in [0.2, 0.25) is 0 Å². The summed E-state index contributed by atoms with van der Waals surface area (Å²) in [6.45, 7) is 10.9. The van der Waals surface area contributed by atoms with Crippen molar-refractivity contribution < 1.29 is 9.53 Å². The number of piperidine rings is 1. The van der Waals surface area contributed by atoms with Crippen molar-refractivity contribution >= 4 is 5.78 Å². The number of morpholine rings is 1. The van der Waals surface area contributed by atoms with Gasteiger partial charge in [0.25, 0.3) is 0 Å². The molecule has 0 aliphatic carbocycles. The Kier molecular flexibility index (Phi) is 4.17. The highest BCUT2D eigenvalue weighted by Gasteiger charge is 2.33. The zero-order chi connectivity index (χ0) is 12.3. The molecule has 0 aromatic heterocycles. The third kappa shape index (κ3) is 3.50. The van der Waals surface area contributed by atoms with E-state index in [0.717, 1.165) is 52.2 Å². The number of carbonyl (C=O) groups excluding carboxylic acids is 1. The van der Waals surface area contributed by atoms with Crippen molar-refractivity contribution in [3.05, 3.63) is 0 Å². The number of hydrogen-bond donors (Lipinski definition) is 0. The number of hydrogen-bond acceptors (Lipinski definition) is 4. The van der Waals surface area contributed by atoms with Crippen molar-refractivity contribution in [1.82, 2.24) is 9.80 Å². The molecule has 2 saturated heterocycles. The minimum Gasteiger partial charge on any atom is -0.379 e. The topological polar surface area (TPSA) is 32.8 Å². The number of likely N-dealkylation sites (tertiary alicyclic amines) is 1. The molecule has 17 heavy (non-hydrogen) atoms. The highest BCUT2D eigenvalue weighted by molar-refractivity contribution is 5.81. The first kappa shape index (κ1) is 13.0. The van der Waals surface area contributed by atoms with E-state index in [1.165, 1.54) is 0 Å². The molecular formula is C13H24N2O2. The zero-order valence-corrected chi connectivity index (χ0v) is 11.1. The Labute approximate surface area is 104 Å². The summed E-state index contributed by atoms with van der Waals surface area (Å²) in [4.78, 5) is 16.3. The van der Waals surface area contributed by atoms with Gasteiger partial charge in [0.1, 0.15) is 5.78 Å². The summed E-state index contributed by atoms with van der Waals surface area (Å²) in [6, 6.07) is 0. The second kappa shape index (κ2) is 5.46. The van der Waals surface area contributed by atoms with Gasteiger partial charge >= 0.3 is 0 Å². The fourth-order valence-electron chi connectivity index (χ4n) is 2.58. The van der Waals surface area contributed by atoms with Gasteiger partial charge in [-0.3, -0.25) is 14.6 Å². The molecule has 2 heterocycles. The molecule has 2 aliphatic heterocycles. The van der Waals surface area contributed by atoms with Crippen LogP contribution in [-0.4, -0.2) is 67.1 Å². The maximum Gasteiger partial charge on any atom is 0.146 e. The van der Waals surface area contributed by atoms with Crippen LogP contribution < -0.4 is 0 Å². The van der Waals surface area contributed by atoms with Gasteiger partial charge in [0.2, 0.25) is 0 Å². The van der Waals surface area contributed by atoms with Crippen LogP contribution in [0.25, 0.3) is 0 Å². The van der Waals surface area contributed by atoms with Gasteiger partial charge in [-0.25, -0.2) is 0 Å². The third-order valence-electron chi connectivity index (χ3n) is 4.03. The average molecular weight is 240 g/mol. The van der Waals surface area contributed by atoms with E-state index in [9.17, 15) is 4.79 Å². The van der Waals surface area contributed by atoms with Crippen molar-refractivity contribution in [3.8, 4) is 0 Å². The summed E-state index contributed by atoms with van der Waals surface area (Å²) in [5, 5.41) is 0. The van der Waals surface area contributed by atoms with E-state index in [1.807, 2.05) is 0 Å². The fourth-order valence-corrected chi connectivity index (χ4v) is 2.58. The van der Waals surface area contributed by atoms with E-state index in [0.29, 0.717) is 12.3 Å². The number of Topliss-reactive ketones (excluding diaryl/α,β-unsaturated/α-hetero) is 1. The minimum absolute atomic E-state index is 0.181. The van der Waals surface area contributed by atoms with Crippen LogP contribution >= 0.6 is 0 Å². The Morgan fingerprint density at radius 1 is 1.24 bits per heavy atom. The smallest absolute Gasteiger partial charge is 0.146 e. The molecule has 2 fully saturated rings. The molecule has 4 nitrogen and oxygen atoms in total. The second-order valence-electron chi connectivity index (χ2n) is 5.73. The van der Waals surface area contributed by atoms with Gasteiger partial charge in [0.15, 0.2) is 0 Å². The Morgan fingerprint density at radius 2 is 1.94 bits per heavy atom. The molecule has 2 aliphatic rings. The Bertz CT molecular complexity index is 273. The van der Waals surface area contributed by atoms with Gasteiger partial charge in [-0.05, 0) is 20.3 Å². The molecule has 0 saturated carbocycles. The van der Waals surface area contributed by atoms with Gasteiger partial charge in [0.05, 0.1) is 19.8 Å². The summed E-state index contributed by atoms with van der Waals surface area (Å²) in [7, 11) is 0. The maximum absolute atomic E-state index is 11.5. The molecule has 0 N–H and O–H groups in total. The van der Waals surface area contributed by atoms with E-state index in [4.69, 9.17) is 4.74 Å². The SMILES string of the molecule is CC1(C)CCC(=O)CN1CCN1CCOCC1. The number of ether oxygens (including phenoxy) is 1. The molecule has 0 radical (unpaired) electrons. The molecule has 0 aromatic carbocycles. The molecule has 0 atom stereocenters. The van der Waals surface area contributed by atoms with Gasteiger partial charge < -0.3 is 4.74 Å². The van der Waals surface area contributed by atoms with Crippen LogP contribution in [0.15, 0.2) is 0 Å². The lowest BCUT2D eigenvalue weighted by Crippen LogP contribution is -2.53. The standard InChI is InChI=1S/C13H24N2O2/c1-13(2)4-3-12(16)11-15(13)6-5-14-7-9-17-10-8-14/h3-11H2,1-2H3. The molecule has 0 amide bonds. The van der Waals surface area contributed by atoms with Crippen LogP contribution in [0, 0.1) is 0 Å². The number of ketones is 1. The molecule has 4 heteroatoms. The van der Waals surface area contributed by atoms with E-state index in [1.54, 1.807) is 0 Å². The lowest BCUT2D eigenvalue weighted by molar-refractivity contribution is -0.126. The van der Waals surface area contributed by atoms with Crippen molar-refractivity contribution in [2.24, 2.45) is 0 Å². The van der Waals surface area contributed by atoms with Crippen LogP contribution in [0.4, 0.5) is 0 Å². The molecule has 0 spiro atoms. The average Bonchev–Trinajstić information content (AvgIpc) is 2.32. The van der Waals surface area contributed by atoms with Crippen molar-refractivity contribution in [3.63, 3.8) is 0 Å². The molecular weight excluding hydrogens is 216 g/mol. The Balaban J connectivity index is 1.81. The van der Waals surface area contributed by atoms with E-state index in [-0.39, 0.29) is 5.54 Å². The molecule has 98 valence electrons. The van der Waals surface area contributed by atoms with Crippen molar-refractivity contribution in [1.29, 1.82) is 0 Å². The van der Waals surface area contributed by atoms with Crippen LogP contribution in [0.5, 0.6) is 0 Å². The summed E-state index contributed by atoms with van der Waals surface area (Å²) in [6.07, 6.45) is 1.75. The quantitative estimate of drug-likeness (QED) is 0.729. The minimum atomic E-state index is 0.181. The summed E-state index contributed by atoms with van der Waals surface area (Å²) < 4.78 is 5.34. The molecule has 0 unspecified atom stereocenters. The van der Waals surface area contributed by atoms with Gasteiger partial charge in [-0.2, -0.15) is 0 Å². The Morgan fingerprint density at radius 3 is 2.65 bits per heavy atom. The maximum atomic E-state index is 11.5. The fraction of sp³-hybridized carbons (Fsp3) is 0.923. The monoisotopic (exact) mass is 240 g/mol. The van der Waals surface area contributed by atoms with E-state index >= 15 is 0 Å². The zero-order valence-electron chi connectivity index (χ0n) is 11.1. The van der Waals surface area contributed by atoms with Gasteiger partial charge in [0, 0.05) is 38.1 Å². The number of nitrogens with zero attached hydrogens (tertiary/aromatic N) is 2. The Hall–Kier alpha value is -0.450. The van der Waals surface area contributed by atoms with Crippen LogP contribution in [-0.2, 0) is 9.53 Å². The first-order valence-corrected chi connectivity index (χ1v) is 6.65. The van der Waals surface area contributed by atoms with Gasteiger partial charge in [-0.15, -0.1) is 0 Å². The first-order chi connectivity index (χ1) is 8.08. The summed E-state index contributed by atoms with van der Waals surface area (Å²) in [5.41, 5.74) is 0.181. The normalized spacial score (nSPS) is 27.3. The van der Waals surface area contributed by atoms with Crippen LogP contribution in [0.3, 0.4) is 0 Å². The van der Waals surface area contributed by atoms with Crippen molar-refractivity contribution in [2.75, 3.05) is 45.9 Å². The molecule has 0 aromatic rings. The lowest BCUT2D eigenvalue weighted by Gasteiger charge is -2.42.